The number of rotatable bonds is 4. The molecule has 1 aliphatic carbocycles. The van der Waals surface area contributed by atoms with Gasteiger partial charge in [-0.15, -0.1) is 0 Å². The maximum absolute atomic E-state index is 11.1. The first kappa shape index (κ1) is 10.5. The fourth-order valence-electron chi connectivity index (χ4n) is 1.53. The Labute approximate surface area is 76.6 Å². The van der Waals surface area contributed by atoms with E-state index in [9.17, 15) is 13.2 Å². The van der Waals surface area contributed by atoms with Crippen LogP contribution < -0.4 is 0 Å². The minimum atomic E-state index is -3.27. The highest BCUT2D eigenvalue weighted by atomic mass is 32.2. The van der Waals surface area contributed by atoms with Crippen molar-refractivity contribution in [2.45, 2.75) is 11.7 Å². The average molecular weight is 208 g/mol. The minimum absolute atomic E-state index is 0.0416. The lowest BCUT2D eigenvalue weighted by atomic mass is 10.1. The molecule has 0 amide bonds. The van der Waals surface area contributed by atoms with E-state index in [4.69, 9.17) is 9.84 Å². The summed E-state index contributed by atoms with van der Waals surface area (Å²) in [4.78, 5) is 10.8. The third-order valence-corrected chi connectivity index (χ3v) is 4.00. The summed E-state index contributed by atoms with van der Waals surface area (Å²) in [6, 6.07) is 0. The van der Waals surface area contributed by atoms with E-state index in [0.29, 0.717) is 0 Å². The number of aliphatic carboxylic acids is 1. The normalized spacial score (nSPS) is 32.9. The molecule has 0 aromatic heterocycles. The van der Waals surface area contributed by atoms with Crippen molar-refractivity contribution in [2.24, 2.45) is 5.41 Å². The number of methoxy groups -OCH3 is 1. The van der Waals surface area contributed by atoms with Crippen molar-refractivity contribution >= 4 is 15.8 Å². The van der Waals surface area contributed by atoms with Crippen LogP contribution in [0.3, 0.4) is 0 Å². The molecule has 1 saturated carbocycles. The van der Waals surface area contributed by atoms with E-state index in [0.717, 1.165) is 6.26 Å². The Balaban J connectivity index is 2.85. The molecule has 0 bridgehead atoms. The van der Waals surface area contributed by atoms with Crippen molar-refractivity contribution in [3.63, 3.8) is 0 Å². The Hall–Kier alpha value is -0.620. The first-order valence-electron chi connectivity index (χ1n) is 3.76. The Morgan fingerprint density at radius 3 is 2.46 bits per heavy atom. The molecule has 0 aromatic carbocycles. The van der Waals surface area contributed by atoms with Gasteiger partial charge in [0.05, 0.1) is 11.9 Å². The zero-order valence-corrected chi connectivity index (χ0v) is 8.30. The number of hydrogen-bond acceptors (Lipinski definition) is 4. The molecule has 13 heavy (non-hydrogen) atoms. The molecule has 0 unspecified atom stereocenters. The Bertz CT molecular complexity index is 320. The second-order valence-electron chi connectivity index (χ2n) is 3.42. The summed E-state index contributed by atoms with van der Waals surface area (Å²) in [6.07, 6.45) is 1.22. The third kappa shape index (κ3) is 1.68. The minimum Gasteiger partial charge on any atom is -0.481 e. The zero-order valence-electron chi connectivity index (χ0n) is 7.48. The van der Waals surface area contributed by atoms with E-state index in [1.807, 2.05) is 0 Å². The summed E-state index contributed by atoms with van der Waals surface area (Å²) >= 11 is 0. The summed E-state index contributed by atoms with van der Waals surface area (Å²) in [5.74, 6) is -1.09. The van der Waals surface area contributed by atoms with Gasteiger partial charge in [-0.05, 0) is 6.42 Å². The molecule has 76 valence electrons. The average Bonchev–Trinajstić information content (AvgIpc) is 2.63. The smallest absolute Gasteiger partial charge is 0.313 e. The van der Waals surface area contributed by atoms with Crippen LogP contribution in [-0.2, 0) is 19.4 Å². The molecular weight excluding hydrogens is 196 g/mol. The van der Waals surface area contributed by atoms with Crippen LogP contribution in [0.1, 0.15) is 6.42 Å². The molecule has 1 rings (SSSR count). The first-order valence-corrected chi connectivity index (χ1v) is 5.71. The molecule has 0 spiro atoms. The van der Waals surface area contributed by atoms with Crippen LogP contribution in [0.4, 0.5) is 0 Å². The number of carboxylic acids is 1. The molecule has 1 aliphatic rings. The number of sulfone groups is 1. The van der Waals surface area contributed by atoms with Crippen LogP contribution in [-0.4, -0.2) is 44.7 Å². The lowest BCUT2D eigenvalue weighted by Crippen LogP contribution is -2.27. The molecule has 6 heteroatoms. The number of carbonyl (C=O) groups is 1. The van der Waals surface area contributed by atoms with Crippen molar-refractivity contribution in [3.8, 4) is 0 Å². The highest BCUT2D eigenvalue weighted by molar-refractivity contribution is 7.91. The summed E-state index contributed by atoms with van der Waals surface area (Å²) in [7, 11) is -1.90. The third-order valence-electron chi connectivity index (χ3n) is 2.35. The van der Waals surface area contributed by atoms with Gasteiger partial charge in [-0.1, -0.05) is 0 Å². The van der Waals surface area contributed by atoms with E-state index in [1.54, 1.807) is 0 Å². The Morgan fingerprint density at radius 1 is 1.69 bits per heavy atom. The van der Waals surface area contributed by atoms with Gasteiger partial charge in [0, 0.05) is 13.4 Å². The molecule has 1 N–H and O–H groups in total. The van der Waals surface area contributed by atoms with E-state index in [-0.39, 0.29) is 13.0 Å². The quantitative estimate of drug-likeness (QED) is 0.675. The maximum Gasteiger partial charge on any atom is 0.313 e. The second kappa shape index (κ2) is 2.95. The van der Waals surface area contributed by atoms with Crippen LogP contribution in [0.2, 0.25) is 0 Å². The molecule has 0 aliphatic heterocycles. The van der Waals surface area contributed by atoms with Crippen LogP contribution in [0.5, 0.6) is 0 Å². The van der Waals surface area contributed by atoms with Gasteiger partial charge >= 0.3 is 5.97 Å². The summed E-state index contributed by atoms with van der Waals surface area (Å²) in [5, 5.41) is 8.04. The maximum atomic E-state index is 11.1. The summed E-state index contributed by atoms with van der Waals surface area (Å²) < 4.78 is 26.8. The highest BCUT2D eigenvalue weighted by Crippen LogP contribution is 2.50. The van der Waals surface area contributed by atoms with Crippen LogP contribution >= 0.6 is 0 Å². The fraction of sp³-hybridized carbons (Fsp3) is 0.857. The molecule has 0 saturated heterocycles. The van der Waals surface area contributed by atoms with Crippen LogP contribution in [0, 0.1) is 5.41 Å². The van der Waals surface area contributed by atoms with Crippen molar-refractivity contribution < 1.29 is 23.1 Å². The molecular formula is C7H12O5S. The fourth-order valence-corrected chi connectivity index (χ4v) is 3.12. The van der Waals surface area contributed by atoms with Gasteiger partial charge in [-0.25, -0.2) is 8.42 Å². The van der Waals surface area contributed by atoms with Gasteiger partial charge in [0.2, 0.25) is 0 Å². The van der Waals surface area contributed by atoms with E-state index >= 15 is 0 Å². The van der Waals surface area contributed by atoms with Crippen molar-refractivity contribution in [1.82, 2.24) is 0 Å². The van der Waals surface area contributed by atoms with Gasteiger partial charge < -0.3 is 9.84 Å². The molecule has 2 atom stereocenters. The topological polar surface area (TPSA) is 80.7 Å². The van der Waals surface area contributed by atoms with Gasteiger partial charge in [-0.3, -0.25) is 4.79 Å². The summed E-state index contributed by atoms with van der Waals surface area (Å²) in [6.45, 7) is -0.0416. The highest BCUT2D eigenvalue weighted by Gasteiger charge is 2.65. The van der Waals surface area contributed by atoms with Gasteiger partial charge in [0.1, 0.15) is 5.41 Å². The zero-order chi connectivity index (χ0) is 10.3. The Morgan fingerprint density at radius 2 is 2.23 bits per heavy atom. The molecule has 0 aromatic rings. The molecule has 0 radical (unpaired) electrons. The standard InChI is InChI=1S/C7H12O5S/c1-12-4-7(6(8)9)3-5(7)13(2,10)11/h5H,3-4H2,1-2H3,(H,8,9)/t5-,7+/m0/s1. The van der Waals surface area contributed by atoms with Gasteiger partial charge in [0.25, 0.3) is 0 Å². The molecule has 1 fully saturated rings. The van der Waals surface area contributed by atoms with Crippen molar-refractivity contribution in [3.05, 3.63) is 0 Å². The van der Waals surface area contributed by atoms with Gasteiger partial charge in [0.15, 0.2) is 9.84 Å². The van der Waals surface area contributed by atoms with Crippen molar-refractivity contribution in [2.75, 3.05) is 20.0 Å². The predicted molar refractivity (Wildman–Crippen MR) is 45.2 cm³/mol. The van der Waals surface area contributed by atoms with Gasteiger partial charge in [-0.2, -0.15) is 0 Å². The molecule has 0 heterocycles. The predicted octanol–water partition coefficient (Wildman–Crippen LogP) is -0.479. The largest absolute Gasteiger partial charge is 0.481 e. The van der Waals surface area contributed by atoms with E-state index in [1.165, 1.54) is 7.11 Å². The number of hydrogen-bond donors (Lipinski definition) is 1. The van der Waals surface area contributed by atoms with Crippen molar-refractivity contribution in [1.29, 1.82) is 0 Å². The van der Waals surface area contributed by atoms with E-state index < -0.39 is 26.5 Å². The SMILES string of the molecule is COC[C@]1(C(=O)O)C[C@@H]1S(C)(=O)=O. The lowest BCUT2D eigenvalue weighted by Gasteiger charge is -2.09. The van der Waals surface area contributed by atoms with E-state index in [2.05, 4.69) is 0 Å². The summed E-state index contributed by atoms with van der Waals surface area (Å²) in [5.41, 5.74) is -1.19. The number of carboxylic acid groups (broad SMARTS) is 1. The van der Waals surface area contributed by atoms with Crippen LogP contribution in [0.25, 0.3) is 0 Å². The Kier molecular flexibility index (Phi) is 2.38. The second-order valence-corrected chi connectivity index (χ2v) is 5.64. The molecule has 5 nitrogen and oxygen atoms in total. The van der Waals surface area contributed by atoms with Crippen LogP contribution in [0.15, 0.2) is 0 Å². The lowest BCUT2D eigenvalue weighted by molar-refractivity contribution is -0.145. The first-order chi connectivity index (χ1) is 5.84. The monoisotopic (exact) mass is 208 g/mol. The number of ether oxygens (including phenoxy) is 1.